The van der Waals surface area contributed by atoms with Gasteiger partial charge >= 0.3 is 0 Å². The SMILES string of the molecule is O=C(NCC1CCCN1)c1cccc2c1OCCO2. The van der Waals surface area contributed by atoms with E-state index in [0.29, 0.717) is 42.9 Å². The third-order valence-corrected chi connectivity index (χ3v) is 3.48. The van der Waals surface area contributed by atoms with Crippen LogP contribution >= 0.6 is 0 Å². The Hall–Kier alpha value is -1.75. The maximum absolute atomic E-state index is 12.2. The number of ether oxygens (including phenoxy) is 2. The van der Waals surface area contributed by atoms with Crippen LogP contribution in [0.3, 0.4) is 0 Å². The van der Waals surface area contributed by atoms with E-state index < -0.39 is 0 Å². The fraction of sp³-hybridized carbons (Fsp3) is 0.500. The van der Waals surface area contributed by atoms with E-state index >= 15 is 0 Å². The van der Waals surface area contributed by atoms with Crippen molar-refractivity contribution >= 4 is 5.91 Å². The molecule has 3 rings (SSSR count). The van der Waals surface area contributed by atoms with Crippen molar-refractivity contribution in [3.63, 3.8) is 0 Å². The van der Waals surface area contributed by atoms with Crippen LogP contribution in [0.5, 0.6) is 11.5 Å². The summed E-state index contributed by atoms with van der Waals surface area (Å²) in [5.74, 6) is 1.11. The smallest absolute Gasteiger partial charge is 0.255 e. The Morgan fingerprint density at radius 3 is 3.11 bits per heavy atom. The molecular weight excluding hydrogens is 244 g/mol. The highest BCUT2D eigenvalue weighted by Crippen LogP contribution is 2.33. The topological polar surface area (TPSA) is 59.6 Å². The summed E-state index contributed by atoms with van der Waals surface area (Å²) in [5, 5.41) is 6.31. The number of hydrogen-bond donors (Lipinski definition) is 2. The second kappa shape index (κ2) is 5.48. The lowest BCUT2D eigenvalue weighted by Crippen LogP contribution is -2.37. The third kappa shape index (κ3) is 2.66. The Morgan fingerprint density at radius 2 is 2.26 bits per heavy atom. The Morgan fingerprint density at radius 1 is 1.37 bits per heavy atom. The molecule has 1 saturated heterocycles. The number of fused-ring (bicyclic) bond motifs is 1. The molecule has 2 N–H and O–H groups in total. The van der Waals surface area contributed by atoms with Gasteiger partial charge in [0.15, 0.2) is 11.5 Å². The molecule has 0 aliphatic carbocycles. The first-order valence-corrected chi connectivity index (χ1v) is 6.75. The summed E-state index contributed by atoms with van der Waals surface area (Å²) in [6.07, 6.45) is 2.30. The van der Waals surface area contributed by atoms with Crippen LogP contribution in [0, 0.1) is 0 Å². The van der Waals surface area contributed by atoms with E-state index in [1.165, 1.54) is 6.42 Å². The molecule has 1 unspecified atom stereocenters. The van der Waals surface area contributed by atoms with Gasteiger partial charge < -0.3 is 20.1 Å². The van der Waals surface area contributed by atoms with Crippen molar-refractivity contribution in [2.75, 3.05) is 26.3 Å². The summed E-state index contributed by atoms with van der Waals surface area (Å²) in [6.45, 7) is 2.72. The normalized spacial score (nSPS) is 21.2. The molecule has 19 heavy (non-hydrogen) atoms. The van der Waals surface area contributed by atoms with Crippen molar-refractivity contribution in [1.29, 1.82) is 0 Å². The summed E-state index contributed by atoms with van der Waals surface area (Å²) in [6, 6.07) is 5.80. The molecule has 1 aromatic carbocycles. The number of nitrogens with one attached hydrogen (secondary N) is 2. The molecule has 0 spiro atoms. The molecule has 1 amide bonds. The Labute approximate surface area is 112 Å². The second-order valence-electron chi connectivity index (χ2n) is 4.83. The molecule has 5 heteroatoms. The van der Waals surface area contributed by atoms with Gasteiger partial charge in [-0.05, 0) is 31.5 Å². The summed E-state index contributed by atoms with van der Waals surface area (Å²) in [5.41, 5.74) is 0.551. The van der Waals surface area contributed by atoms with Crippen LogP contribution in [0.15, 0.2) is 18.2 Å². The lowest BCUT2D eigenvalue weighted by molar-refractivity contribution is 0.0939. The third-order valence-electron chi connectivity index (χ3n) is 3.48. The van der Waals surface area contributed by atoms with E-state index in [0.717, 1.165) is 13.0 Å². The van der Waals surface area contributed by atoms with E-state index in [9.17, 15) is 4.79 Å². The van der Waals surface area contributed by atoms with Gasteiger partial charge in [-0.25, -0.2) is 0 Å². The van der Waals surface area contributed by atoms with Crippen molar-refractivity contribution < 1.29 is 14.3 Å². The highest BCUT2D eigenvalue weighted by molar-refractivity contribution is 5.97. The number of amides is 1. The number of carbonyl (C=O) groups excluding carboxylic acids is 1. The van der Waals surface area contributed by atoms with Crippen LogP contribution in [-0.4, -0.2) is 38.3 Å². The molecule has 1 atom stereocenters. The quantitative estimate of drug-likeness (QED) is 0.851. The average molecular weight is 262 g/mol. The van der Waals surface area contributed by atoms with E-state index in [1.807, 2.05) is 12.1 Å². The Balaban J connectivity index is 1.68. The van der Waals surface area contributed by atoms with Gasteiger partial charge in [-0.15, -0.1) is 0 Å². The molecule has 0 bridgehead atoms. The molecule has 1 aromatic rings. The molecular formula is C14H18N2O3. The van der Waals surface area contributed by atoms with Gasteiger partial charge in [-0.2, -0.15) is 0 Å². The van der Waals surface area contributed by atoms with E-state index in [2.05, 4.69) is 10.6 Å². The fourth-order valence-electron chi connectivity index (χ4n) is 2.49. The summed E-state index contributed by atoms with van der Waals surface area (Å²) >= 11 is 0. The molecule has 2 aliphatic rings. The maximum atomic E-state index is 12.2. The van der Waals surface area contributed by atoms with Crippen LogP contribution in [0.25, 0.3) is 0 Å². The molecule has 2 aliphatic heterocycles. The van der Waals surface area contributed by atoms with Crippen molar-refractivity contribution in [3.8, 4) is 11.5 Å². The molecule has 5 nitrogen and oxygen atoms in total. The Bertz CT molecular complexity index is 470. The minimum Gasteiger partial charge on any atom is -0.486 e. The van der Waals surface area contributed by atoms with Gasteiger partial charge in [0.05, 0.1) is 5.56 Å². The average Bonchev–Trinajstić information content (AvgIpc) is 2.97. The van der Waals surface area contributed by atoms with E-state index in [1.54, 1.807) is 6.07 Å². The van der Waals surface area contributed by atoms with Gasteiger partial charge in [0.1, 0.15) is 13.2 Å². The molecule has 1 fully saturated rings. The van der Waals surface area contributed by atoms with Crippen molar-refractivity contribution in [2.45, 2.75) is 18.9 Å². The zero-order valence-electron chi connectivity index (χ0n) is 10.8. The number of rotatable bonds is 3. The van der Waals surface area contributed by atoms with Crippen LogP contribution in [0.2, 0.25) is 0 Å². The minimum atomic E-state index is -0.101. The van der Waals surface area contributed by atoms with Crippen LogP contribution in [0.4, 0.5) is 0 Å². The highest BCUT2D eigenvalue weighted by atomic mass is 16.6. The van der Waals surface area contributed by atoms with Crippen molar-refractivity contribution in [2.24, 2.45) is 0 Å². The number of carbonyl (C=O) groups is 1. The second-order valence-corrected chi connectivity index (χ2v) is 4.83. The standard InChI is InChI=1S/C14H18N2O3/c17-14(16-9-10-3-2-6-15-10)11-4-1-5-12-13(11)19-8-7-18-12/h1,4-5,10,15H,2-3,6-9H2,(H,16,17). The predicted molar refractivity (Wildman–Crippen MR) is 70.8 cm³/mol. The van der Waals surface area contributed by atoms with Gasteiger partial charge in [0, 0.05) is 12.6 Å². The monoisotopic (exact) mass is 262 g/mol. The van der Waals surface area contributed by atoms with E-state index in [-0.39, 0.29) is 5.91 Å². The zero-order valence-corrected chi connectivity index (χ0v) is 10.8. The van der Waals surface area contributed by atoms with Crippen LogP contribution in [0.1, 0.15) is 23.2 Å². The molecule has 0 radical (unpaired) electrons. The number of hydrogen-bond acceptors (Lipinski definition) is 4. The Kier molecular flexibility index (Phi) is 3.55. The lowest BCUT2D eigenvalue weighted by Gasteiger charge is -2.21. The van der Waals surface area contributed by atoms with Crippen molar-refractivity contribution in [1.82, 2.24) is 10.6 Å². The molecule has 102 valence electrons. The maximum Gasteiger partial charge on any atom is 0.255 e. The summed E-state index contributed by atoms with van der Waals surface area (Å²) in [7, 11) is 0. The van der Waals surface area contributed by atoms with Gasteiger partial charge in [0.2, 0.25) is 0 Å². The van der Waals surface area contributed by atoms with Crippen LogP contribution in [-0.2, 0) is 0 Å². The summed E-state index contributed by atoms with van der Waals surface area (Å²) in [4.78, 5) is 12.2. The van der Waals surface area contributed by atoms with Gasteiger partial charge in [-0.3, -0.25) is 4.79 Å². The number of benzene rings is 1. The number of para-hydroxylation sites is 1. The molecule has 2 heterocycles. The minimum absolute atomic E-state index is 0.101. The first kappa shape index (κ1) is 12.3. The first-order chi connectivity index (χ1) is 9.34. The molecule has 0 saturated carbocycles. The summed E-state index contributed by atoms with van der Waals surface area (Å²) < 4.78 is 11.0. The lowest BCUT2D eigenvalue weighted by atomic mass is 10.1. The fourth-order valence-corrected chi connectivity index (χ4v) is 2.49. The van der Waals surface area contributed by atoms with Gasteiger partial charge in [-0.1, -0.05) is 6.07 Å². The largest absolute Gasteiger partial charge is 0.486 e. The highest BCUT2D eigenvalue weighted by Gasteiger charge is 2.21. The molecule has 0 aromatic heterocycles. The van der Waals surface area contributed by atoms with Crippen LogP contribution < -0.4 is 20.1 Å². The van der Waals surface area contributed by atoms with Crippen molar-refractivity contribution in [3.05, 3.63) is 23.8 Å². The predicted octanol–water partition coefficient (Wildman–Crippen LogP) is 0.940. The van der Waals surface area contributed by atoms with Gasteiger partial charge in [0.25, 0.3) is 5.91 Å². The zero-order chi connectivity index (χ0) is 13.1. The first-order valence-electron chi connectivity index (χ1n) is 6.75. The van der Waals surface area contributed by atoms with E-state index in [4.69, 9.17) is 9.47 Å².